The largest absolute Gasteiger partial charge is 0.332 e. The maximum Gasteiger partial charge on any atom is 0.275 e. The molecule has 1 amide bonds. The molecule has 0 radical (unpaired) electrons. The minimum atomic E-state index is -0.316. The van der Waals surface area contributed by atoms with Crippen molar-refractivity contribution < 1.29 is 4.79 Å². The fraction of sp³-hybridized carbons (Fsp3) is 0.188. The lowest BCUT2D eigenvalue weighted by molar-refractivity contribution is 0.0734. The van der Waals surface area contributed by atoms with E-state index in [2.05, 4.69) is 20.2 Å². The summed E-state index contributed by atoms with van der Waals surface area (Å²) in [5, 5.41) is 7.29. The third kappa shape index (κ3) is 2.68. The van der Waals surface area contributed by atoms with Crippen LogP contribution in [0.2, 0.25) is 0 Å². The standard InChI is InChI=1S/C16H15N5O2/c1-10(13-7-8-17-9-18-13)21(2)16(23)14-11-5-3-4-6-12(11)15(22)20-19-14/h3-10H,1-2H3,(H,20,22)/t10-/m1/s1. The second kappa shape index (κ2) is 5.96. The van der Waals surface area contributed by atoms with E-state index in [-0.39, 0.29) is 23.2 Å². The Balaban J connectivity index is 2.01. The highest BCUT2D eigenvalue weighted by Crippen LogP contribution is 2.20. The average Bonchev–Trinajstić information content (AvgIpc) is 2.61. The number of hydrogen-bond acceptors (Lipinski definition) is 5. The molecule has 116 valence electrons. The van der Waals surface area contributed by atoms with Crippen LogP contribution in [0.15, 0.2) is 47.7 Å². The number of aromatic amines is 1. The Hall–Kier alpha value is -3.09. The van der Waals surface area contributed by atoms with E-state index in [0.717, 1.165) is 5.69 Å². The average molecular weight is 309 g/mol. The van der Waals surface area contributed by atoms with Gasteiger partial charge in [0, 0.05) is 18.6 Å². The van der Waals surface area contributed by atoms with Gasteiger partial charge < -0.3 is 4.90 Å². The van der Waals surface area contributed by atoms with Crippen molar-refractivity contribution in [2.24, 2.45) is 0 Å². The number of amides is 1. The van der Waals surface area contributed by atoms with Crippen LogP contribution in [0.1, 0.15) is 29.1 Å². The van der Waals surface area contributed by atoms with E-state index in [1.54, 1.807) is 43.6 Å². The van der Waals surface area contributed by atoms with Crippen molar-refractivity contribution in [1.82, 2.24) is 25.1 Å². The smallest absolute Gasteiger partial charge is 0.275 e. The predicted molar refractivity (Wildman–Crippen MR) is 84.9 cm³/mol. The zero-order valence-corrected chi connectivity index (χ0v) is 12.7. The van der Waals surface area contributed by atoms with Gasteiger partial charge in [-0.1, -0.05) is 18.2 Å². The van der Waals surface area contributed by atoms with E-state index in [1.165, 1.54) is 11.2 Å². The fourth-order valence-corrected chi connectivity index (χ4v) is 2.37. The lowest BCUT2D eigenvalue weighted by Crippen LogP contribution is -2.32. The van der Waals surface area contributed by atoms with Gasteiger partial charge in [0.25, 0.3) is 11.5 Å². The zero-order valence-electron chi connectivity index (χ0n) is 12.7. The molecule has 0 spiro atoms. The minimum Gasteiger partial charge on any atom is -0.332 e. The minimum absolute atomic E-state index is 0.212. The summed E-state index contributed by atoms with van der Waals surface area (Å²) >= 11 is 0. The van der Waals surface area contributed by atoms with E-state index in [9.17, 15) is 9.59 Å². The maximum absolute atomic E-state index is 12.8. The Morgan fingerprint density at radius 3 is 2.65 bits per heavy atom. The number of nitrogens with zero attached hydrogens (tertiary/aromatic N) is 4. The van der Waals surface area contributed by atoms with Crippen LogP contribution in [0.4, 0.5) is 0 Å². The van der Waals surface area contributed by atoms with E-state index in [1.807, 2.05) is 6.92 Å². The topological polar surface area (TPSA) is 91.8 Å². The van der Waals surface area contributed by atoms with Gasteiger partial charge >= 0.3 is 0 Å². The van der Waals surface area contributed by atoms with Gasteiger partial charge in [-0.15, -0.1) is 0 Å². The Labute approximate surface area is 132 Å². The van der Waals surface area contributed by atoms with Gasteiger partial charge in [0.05, 0.1) is 17.1 Å². The molecule has 2 heterocycles. The molecule has 0 aliphatic heterocycles. The molecule has 3 aromatic rings. The molecule has 7 heteroatoms. The molecule has 1 atom stereocenters. The first-order chi connectivity index (χ1) is 11.1. The van der Waals surface area contributed by atoms with Crippen molar-refractivity contribution in [3.8, 4) is 0 Å². The summed E-state index contributed by atoms with van der Waals surface area (Å²) in [6.07, 6.45) is 3.07. The van der Waals surface area contributed by atoms with Crippen LogP contribution >= 0.6 is 0 Å². The third-order valence-electron chi connectivity index (χ3n) is 3.83. The summed E-state index contributed by atoms with van der Waals surface area (Å²) in [7, 11) is 1.68. The van der Waals surface area contributed by atoms with Crippen molar-refractivity contribution in [2.75, 3.05) is 7.05 Å². The summed E-state index contributed by atoms with van der Waals surface area (Å²) in [5.41, 5.74) is 0.622. The summed E-state index contributed by atoms with van der Waals surface area (Å²) in [6.45, 7) is 1.87. The SMILES string of the molecule is C[C@H](c1ccncn1)N(C)C(=O)c1n[nH]c(=O)c2ccccc12. The highest BCUT2D eigenvalue weighted by Gasteiger charge is 2.23. The Kier molecular flexibility index (Phi) is 3.84. The quantitative estimate of drug-likeness (QED) is 0.792. The van der Waals surface area contributed by atoms with Crippen LogP contribution in [-0.2, 0) is 0 Å². The molecule has 0 saturated carbocycles. The van der Waals surface area contributed by atoms with Crippen LogP contribution in [0.3, 0.4) is 0 Å². The van der Waals surface area contributed by atoms with Crippen LogP contribution in [-0.4, -0.2) is 38.0 Å². The second-order valence-corrected chi connectivity index (χ2v) is 5.17. The van der Waals surface area contributed by atoms with E-state index >= 15 is 0 Å². The number of carbonyl (C=O) groups excluding carboxylic acids is 1. The number of fused-ring (bicyclic) bond motifs is 1. The van der Waals surface area contributed by atoms with Crippen LogP contribution in [0, 0.1) is 0 Å². The van der Waals surface area contributed by atoms with Crippen molar-refractivity contribution in [3.05, 3.63) is 64.6 Å². The molecule has 7 nitrogen and oxygen atoms in total. The molecule has 0 unspecified atom stereocenters. The summed E-state index contributed by atoms with van der Waals surface area (Å²) < 4.78 is 0. The van der Waals surface area contributed by atoms with Gasteiger partial charge in [0.2, 0.25) is 0 Å². The first kappa shape index (κ1) is 14.8. The molecule has 0 fully saturated rings. The van der Waals surface area contributed by atoms with Gasteiger partial charge in [-0.05, 0) is 19.1 Å². The molecular formula is C16H15N5O2. The van der Waals surface area contributed by atoms with Crippen molar-refractivity contribution in [3.63, 3.8) is 0 Å². The second-order valence-electron chi connectivity index (χ2n) is 5.17. The first-order valence-corrected chi connectivity index (χ1v) is 7.10. The molecular weight excluding hydrogens is 294 g/mol. The van der Waals surface area contributed by atoms with Crippen LogP contribution < -0.4 is 5.56 Å². The van der Waals surface area contributed by atoms with Crippen molar-refractivity contribution in [2.45, 2.75) is 13.0 Å². The molecule has 1 aromatic carbocycles. The summed E-state index contributed by atoms with van der Waals surface area (Å²) in [5.74, 6) is -0.288. The molecule has 3 rings (SSSR count). The van der Waals surface area contributed by atoms with Crippen molar-refractivity contribution >= 4 is 16.7 Å². The van der Waals surface area contributed by atoms with Gasteiger partial charge in [-0.3, -0.25) is 9.59 Å². The van der Waals surface area contributed by atoms with E-state index < -0.39 is 0 Å². The Morgan fingerprint density at radius 2 is 1.96 bits per heavy atom. The number of hydrogen-bond donors (Lipinski definition) is 1. The van der Waals surface area contributed by atoms with Gasteiger partial charge in [0.1, 0.15) is 6.33 Å². The molecule has 0 bridgehead atoms. The maximum atomic E-state index is 12.8. The van der Waals surface area contributed by atoms with Gasteiger partial charge in [-0.25, -0.2) is 15.1 Å². The number of rotatable bonds is 3. The Bertz CT molecular complexity index is 907. The molecule has 2 aromatic heterocycles. The third-order valence-corrected chi connectivity index (χ3v) is 3.83. The highest BCUT2D eigenvalue weighted by molar-refractivity contribution is 6.04. The lowest BCUT2D eigenvalue weighted by atomic mass is 10.1. The zero-order chi connectivity index (χ0) is 16.4. The number of benzene rings is 1. The molecule has 0 saturated heterocycles. The number of nitrogens with one attached hydrogen (secondary N) is 1. The first-order valence-electron chi connectivity index (χ1n) is 7.10. The molecule has 0 aliphatic rings. The van der Waals surface area contributed by atoms with E-state index in [4.69, 9.17) is 0 Å². The fourth-order valence-electron chi connectivity index (χ4n) is 2.37. The number of carbonyl (C=O) groups is 1. The summed E-state index contributed by atoms with van der Waals surface area (Å²) in [6, 6.07) is 8.41. The van der Waals surface area contributed by atoms with Gasteiger partial charge in [0.15, 0.2) is 5.69 Å². The molecule has 23 heavy (non-hydrogen) atoms. The Morgan fingerprint density at radius 1 is 1.22 bits per heavy atom. The molecule has 0 aliphatic carbocycles. The lowest BCUT2D eigenvalue weighted by Gasteiger charge is -2.24. The van der Waals surface area contributed by atoms with Crippen molar-refractivity contribution in [1.29, 1.82) is 0 Å². The summed E-state index contributed by atoms with van der Waals surface area (Å²) in [4.78, 5) is 34.2. The molecule has 1 N–H and O–H groups in total. The van der Waals surface area contributed by atoms with Gasteiger partial charge in [-0.2, -0.15) is 5.10 Å². The number of aromatic nitrogens is 4. The van der Waals surface area contributed by atoms with Crippen LogP contribution in [0.5, 0.6) is 0 Å². The highest BCUT2D eigenvalue weighted by atomic mass is 16.2. The predicted octanol–water partition coefficient (Wildman–Crippen LogP) is 1.55. The van der Waals surface area contributed by atoms with E-state index in [0.29, 0.717) is 10.8 Å². The monoisotopic (exact) mass is 309 g/mol. The number of H-pyrrole nitrogens is 1. The van der Waals surface area contributed by atoms with Crippen LogP contribution in [0.25, 0.3) is 10.8 Å². The normalized spacial score (nSPS) is 12.1.